The minimum Gasteiger partial charge on any atom is -0.545 e. The summed E-state index contributed by atoms with van der Waals surface area (Å²) in [5.74, 6) is -1.28. The average Bonchev–Trinajstić information content (AvgIpc) is 2.46. The Morgan fingerprint density at radius 3 is 2.40 bits per heavy atom. The summed E-state index contributed by atoms with van der Waals surface area (Å²) in [6, 6.07) is 8.89. The van der Waals surface area contributed by atoms with Gasteiger partial charge in [-0.05, 0) is 29.8 Å². The van der Waals surface area contributed by atoms with Crippen molar-refractivity contribution < 1.29 is 23.8 Å². The van der Waals surface area contributed by atoms with Crippen LogP contribution in [0.4, 0.5) is 4.39 Å². The summed E-state index contributed by atoms with van der Waals surface area (Å²) >= 11 is 0. The molecule has 0 unspecified atom stereocenters. The molecule has 0 aliphatic rings. The number of halogens is 1. The SMILES string of the molecule is COc1ccc(-c2ccc(C(=O)[O-])c(F)c2)c(OC)c1. The predicted octanol–water partition coefficient (Wildman–Crippen LogP) is 1.87. The molecule has 20 heavy (non-hydrogen) atoms. The molecule has 0 bridgehead atoms. The predicted molar refractivity (Wildman–Crippen MR) is 69.3 cm³/mol. The minimum atomic E-state index is -1.55. The number of hydrogen-bond acceptors (Lipinski definition) is 4. The first kappa shape index (κ1) is 13.9. The third-order valence-corrected chi connectivity index (χ3v) is 2.91. The molecule has 0 aromatic heterocycles. The van der Waals surface area contributed by atoms with E-state index in [1.54, 1.807) is 18.2 Å². The van der Waals surface area contributed by atoms with Crippen molar-refractivity contribution in [3.8, 4) is 22.6 Å². The van der Waals surface area contributed by atoms with E-state index in [-0.39, 0.29) is 0 Å². The summed E-state index contributed by atoms with van der Waals surface area (Å²) in [6.07, 6.45) is 0. The Balaban J connectivity index is 2.51. The van der Waals surface area contributed by atoms with Gasteiger partial charge in [0.05, 0.1) is 20.2 Å². The zero-order chi connectivity index (χ0) is 14.7. The van der Waals surface area contributed by atoms with Crippen LogP contribution in [-0.2, 0) is 0 Å². The number of ether oxygens (including phenoxy) is 2. The molecule has 2 aromatic carbocycles. The molecule has 2 aromatic rings. The Hall–Kier alpha value is -2.56. The number of rotatable bonds is 4. The molecule has 5 heteroatoms. The maximum atomic E-state index is 13.7. The first-order valence-corrected chi connectivity index (χ1v) is 5.80. The molecular formula is C15H12FO4-. The molecular weight excluding hydrogens is 263 g/mol. The lowest BCUT2D eigenvalue weighted by atomic mass is 10.0. The van der Waals surface area contributed by atoms with Gasteiger partial charge >= 0.3 is 0 Å². The fourth-order valence-electron chi connectivity index (χ4n) is 1.89. The second-order valence-corrected chi connectivity index (χ2v) is 4.05. The molecule has 0 radical (unpaired) electrons. The van der Waals surface area contributed by atoms with Crippen LogP contribution in [-0.4, -0.2) is 20.2 Å². The maximum absolute atomic E-state index is 13.7. The van der Waals surface area contributed by atoms with Gasteiger partial charge in [-0.15, -0.1) is 0 Å². The summed E-state index contributed by atoms with van der Waals surface area (Å²) in [6.45, 7) is 0. The van der Waals surface area contributed by atoms with Crippen molar-refractivity contribution in [1.82, 2.24) is 0 Å². The Morgan fingerprint density at radius 2 is 1.85 bits per heavy atom. The van der Waals surface area contributed by atoms with Crippen molar-refractivity contribution in [2.45, 2.75) is 0 Å². The minimum absolute atomic E-state index is 0.471. The number of carboxylic acid groups (broad SMARTS) is 1. The van der Waals surface area contributed by atoms with Gasteiger partial charge in [-0.1, -0.05) is 6.07 Å². The lowest BCUT2D eigenvalue weighted by molar-refractivity contribution is -0.255. The Labute approximate surface area is 115 Å². The van der Waals surface area contributed by atoms with Gasteiger partial charge in [0.25, 0.3) is 0 Å². The highest BCUT2D eigenvalue weighted by atomic mass is 19.1. The average molecular weight is 275 g/mol. The van der Waals surface area contributed by atoms with Crippen LogP contribution in [0.1, 0.15) is 10.4 Å². The smallest absolute Gasteiger partial charge is 0.132 e. The van der Waals surface area contributed by atoms with E-state index in [4.69, 9.17) is 9.47 Å². The first-order chi connectivity index (χ1) is 9.56. The van der Waals surface area contributed by atoms with Crippen molar-refractivity contribution in [1.29, 1.82) is 0 Å². The molecule has 0 saturated carbocycles. The van der Waals surface area contributed by atoms with Gasteiger partial charge in [0.2, 0.25) is 0 Å². The summed E-state index contributed by atoms with van der Waals surface area (Å²) in [4.78, 5) is 10.7. The number of carbonyl (C=O) groups is 1. The second kappa shape index (κ2) is 5.61. The Bertz CT molecular complexity index is 652. The zero-order valence-corrected chi connectivity index (χ0v) is 11.0. The topological polar surface area (TPSA) is 58.6 Å². The van der Waals surface area contributed by atoms with E-state index in [9.17, 15) is 14.3 Å². The highest BCUT2D eigenvalue weighted by Gasteiger charge is 2.10. The van der Waals surface area contributed by atoms with E-state index in [1.807, 2.05) is 0 Å². The van der Waals surface area contributed by atoms with E-state index < -0.39 is 17.3 Å². The van der Waals surface area contributed by atoms with Gasteiger partial charge in [0.15, 0.2) is 0 Å². The standard InChI is InChI=1S/C15H13FO4/c1-19-10-4-6-11(14(8-10)20-2)9-3-5-12(15(17)18)13(16)7-9/h3-8H,1-2H3,(H,17,18)/p-1. The molecule has 0 fully saturated rings. The fourth-order valence-corrected chi connectivity index (χ4v) is 1.89. The van der Waals surface area contributed by atoms with Crippen molar-refractivity contribution in [3.63, 3.8) is 0 Å². The van der Waals surface area contributed by atoms with E-state index in [0.29, 0.717) is 22.6 Å². The Kier molecular flexibility index (Phi) is 3.89. The van der Waals surface area contributed by atoms with E-state index in [0.717, 1.165) is 6.07 Å². The molecule has 0 N–H and O–H groups in total. The molecule has 2 rings (SSSR count). The monoisotopic (exact) mass is 275 g/mol. The summed E-state index contributed by atoms with van der Waals surface area (Å²) in [5, 5.41) is 10.7. The third-order valence-electron chi connectivity index (χ3n) is 2.91. The molecule has 0 saturated heterocycles. The number of hydrogen-bond donors (Lipinski definition) is 0. The fraction of sp³-hybridized carbons (Fsp3) is 0.133. The highest BCUT2D eigenvalue weighted by Crippen LogP contribution is 2.33. The molecule has 4 nitrogen and oxygen atoms in total. The maximum Gasteiger partial charge on any atom is 0.132 e. The number of carbonyl (C=O) groups excluding carboxylic acids is 1. The van der Waals surface area contributed by atoms with Gasteiger partial charge in [0, 0.05) is 17.2 Å². The zero-order valence-electron chi connectivity index (χ0n) is 11.0. The molecule has 0 heterocycles. The molecule has 0 spiro atoms. The van der Waals surface area contributed by atoms with Crippen molar-refractivity contribution in [2.75, 3.05) is 14.2 Å². The van der Waals surface area contributed by atoms with Crippen LogP contribution < -0.4 is 14.6 Å². The number of benzene rings is 2. The largest absolute Gasteiger partial charge is 0.545 e. The van der Waals surface area contributed by atoms with Crippen LogP contribution in [0, 0.1) is 5.82 Å². The first-order valence-electron chi connectivity index (χ1n) is 5.80. The number of methoxy groups -OCH3 is 2. The molecule has 0 atom stereocenters. The lowest BCUT2D eigenvalue weighted by Crippen LogP contribution is -2.23. The lowest BCUT2D eigenvalue weighted by Gasteiger charge is -2.12. The van der Waals surface area contributed by atoms with Gasteiger partial charge < -0.3 is 19.4 Å². The van der Waals surface area contributed by atoms with Gasteiger partial charge in [-0.2, -0.15) is 0 Å². The van der Waals surface area contributed by atoms with Gasteiger partial charge in [-0.3, -0.25) is 0 Å². The van der Waals surface area contributed by atoms with Crippen LogP contribution in [0.2, 0.25) is 0 Å². The van der Waals surface area contributed by atoms with E-state index in [1.165, 1.54) is 26.4 Å². The quantitative estimate of drug-likeness (QED) is 0.854. The Morgan fingerprint density at radius 1 is 1.10 bits per heavy atom. The molecule has 0 aliphatic heterocycles. The van der Waals surface area contributed by atoms with E-state index in [2.05, 4.69) is 0 Å². The van der Waals surface area contributed by atoms with Crippen molar-refractivity contribution >= 4 is 5.97 Å². The van der Waals surface area contributed by atoms with Crippen LogP contribution in [0.3, 0.4) is 0 Å². The van der Waals surface area contributed by atoms with E-state index >= 15 is 0 Å². The van der Waals surface area contributed by atoms with Crippen LogP contribution in [0.15, 0.2) is 36.4 Å². The number of carboxylic acids is 1. The summed E-state index contributed by atoms with van der Waals surface area (Å²) in [5.41, 5.74) is 0.672. The van der Waals surface area contributed by atoms with Crippen LogP contribution in [0.25, 0.3) is 11.1 Å². The molecule has 0 aliphatic carbocycles. The summed E-state index contributed by atoms with van der Waals surface area (Å²) < 4.78 is 24.0. The van der Waals surface area contributed by atoms with Gasteiger partial charge in [0.1, 0.15) is 17.3 Å². The van der Waals surface area contributed by atoms with Crippen LogP contribution >= 0.6 is 0 Å². The molecule has 0 amide bonds. The summed E-state index contributed by atoms with van der Waals surface area (Å²) in [7, 11) is 3.02. The normalized spacial score (nSPS) is 10.2. The van der Waals surface area contributed by atoms with Gasteiger partial charge in [-0.25, -0.2) is 4.39 Å². The number of aromatic carboxylic acids is 1. The van der Waals surface area contributed by atoms with Crippen molar-refractivity contribution in [2.24, 2.45) is 0 Å². The van der Waals surface area contributed by atoms with Crippen molar-refractivity contribution in [3.05, 3.63) is 47.8 Å². The molecule has 104 valence electrons. The van der Waals surface area contributed by atoms with Crippen LogP contribution in [0.5, 0.6) is 11.5 Å². The highest BCUT2D eigenvalue weighted by molar-refractivity contribution is 5.87. The second-order valence-electron chi connectivity index (χ2n) is 4.05. The third kappa shape index (κ3) is 2.56.